The van der Waals surface area contributed by atoms with Crippen LogP contribution in [0.1, 0.15) is 38.2 Å². The Kier molecular flexibility index (Phi) is 5.60. The molecule has 0 radical (unpaired) electrons. The third-order valence-corrected chi connectivity index (χ3v) is 6.90. The van der Waals surface area contributed by atoms with Crippen LogP contribution in [0.3, 0.4) is 0 Å². The number of nitrogens with zero attached hydrogens (tertiary/aromatic N) is 2. The highest BCUT2D eigenvalue weighted by Crippen LogP contribution is 2.49. The molecule has 1 heterocycles. The van der Waals surface area contributed by atoms with E-state index in [0.29, 0.717) is 12.6 Å². The van der Waals surface area contributed by atoms with Crippen molar-refractivity contribution in [3.05, 3.63) is 35.9 Å². The summed E-state index contributed by atoms with van der Waals surface area (Å²) in [7, 11) is 0. The fraction of sp³-hybridized carbons (Fsp3) is 0.682. The van der Waals surface area contributed by atoms with Gasteiger partial charge in [-0.2, -0.15) is 0 Å². The molecule has 4 rings (SSSR count). The molecule has 1 aliphatic heterocycles. The summed E-state index contributed by atoms with van der Waals surface area (Å²) >= 11 is 0. The second-order valence-corrected chi connectivity index (χ2v) is 8.73. The Morgan fingerprint density at radius 2 is 1.81 bits per heavy atom. The van der Waals surface area contributed by atoms with Gasteiger partial charge in [0.25, 0.3) is 0 Å². The Balaban J connectivity index is 1.17. The first-order valence-corrected chi connectivity index (χ1v) is 10.5. The molecule has 1 aromatic rings. The summed E-state index contributed by atoms with van der Waals surface area (Å²) in [5.74, 6) is 2.76. The lowest BCUT2D eigenvalue weighted by Gasteiger charge is -2.35. The van der Waals surface area contributed by atoms with Crippen LogP contribution in [0.5, 0.6) is 0 Å². The molecule has 4 heteroatoms. The lowest BCUT2D eigenvalue weighted by atomic mass is 9.84. The molecule has 2 aliphatic carbocycles. The molecule has 3 fully saturated rings. The van der Waals surface area contributed by atoms with Crippen LogP contribution < -0.4 is 5.32 Å². The number of nitrogens with one attached hydrogen (secondary N) is 1. The first-order valence-electron chi connectivity index (χ1n) is 10.5. The number of rotatable bonds is 6. The summed E-state index contributed by atoms with van der Waals surface area (Å²) in [5, 5.41) is 3.31. The quantitative estimate of drug-likeness (QED) is 0.852. The fourth-order valence-electron chi connectivity index (χ4n) is 5.46. The van der Waals surface area contributed by atoms with Crippen molar-refractivity contribution < 1.29 is 4.79 Å². The third-order valence-electron chi connectivity index (χ3n) is 6.90. The molecule has 1 N–H and O–H groups in total. The van der Waals surface area contributed by atoms with Crippen molar-refractivity contribution in [1.82, 2.24) is 15.1 Å². The molecule has 1 aromatic carbocycles. The van der Waals surface area contributed by atoms with E-state index < -0.39 is 0 Å². The van der Waals surface area contributed by atoms with E-state index in [1.807, 2.05) is 0 Å². The second kappa shape index (κ2) is 8.10. The standard InChI is InChI=1S/C22H33N3O/c1-17(21-14-19-7-8-20(21)13-19)23-22(26)16-25-11-9-24(10-12-25)15-18-5-3-2-4-6-18/h2-6,17,19-21H,7-16H2,1H3,(H,23,26)/t17-,19-,20-,21+/m0/s1. The Hall–Kier alpha value is -1.39. The predicted molar refractivity (Wildman–Crippen MR) is 105 cm³/mol. The van der Waals surface area contributed by atoms with Crippen molar-refractivity contribution in [2.24, 2.45) is 17.8 Å². The van der Waals surface area contributed by atoms with Crippen molar-refractivity contribution in [2.45, 2.75) is 45.2 Å². The molecule has 1 amide bonds. The van der Waals surface area contributed by atoms with Gasteiger partial charge in [-0.15, -0.1) is 0 Å². The SMILES string of the molecule is C[C@H](NC(=O)CN1CCN(Cc2ccccc2)CC1)[C@H]1C[C@H]2CC[C@H]1C2. The molecular weight excluding hydrogens is 322 g/mol. The number of carbonyl (C=O) groups excluding carboxylic acids is 1. The molecule has 2 bridgehead atoms. The minimum absolute atomic E-state index is 0.219. The van der Waals surface area contributed by atoms with E-state index in [2.05, 4.69) is 52.4 Å². The molecule has 4 nitrogen and oxygen atoms in total. The van der Waals surface area contributed by atoms with Gasteiger partial charge in [-0.3, -0.25) is 14.6 Å². The lowest BCUT2D eigenvalue weighted by molar-refractivity contribution is -0.123. The monoisotopic (exact) mass is 355 g/mol. The van der Waals surface area contributed by atoms with E-state index in [1.54, 1.807) is 0 Å². The van der Waals surface area contributed by atoms with Crippen LogP contribution in [-0.2, 0) is 11.3 Å². The van der Waals surface area contributed by atoms with Crippen LogP contribution in [-0.4, -0.2) is 54.5 Å². The van der Waals surface area contributed by atoms with E-state index in [9.17, 15) is 4.79 Å². The van der Waals surface area contributed by atoms with Gasteiger partial charge in [0.05, 0.1) is 6.54 Å². The summed E-state index contributed by atoms with van der Waals surface area (Å²) < 4.78 is 0. The van der Waals surface area contributed by atoms with E-state index >= 15 is 0 Å². The molecule has 3 aliphatic rings. The normalized spacial score (nSPS) is 30.4. The maximum Gasteiger partial charge on any atom is 0.234 e. The number of hydrogen-bond donors (Lipinski definition) is 1. The molecule has 4 atom stereocenters. The zero-order valence-corrected chi connectivity index (χ0v) is 16.1. The number of piperazine rings is 1. The average molecular weight is 356 g/mol. The van der Waals surface area contributed by atoms with Gasteiger partial charge in [-0.05, 0) is 49.5 Å². The van der Waals surface area contributed by atoms with Crippen molar-refractivity contribution in [1.29, 1.82) is 0 Å². The average Bonchev–Trinajstić information content (AvgIpc) is 3.28. The lowest BCUT2D eigenvalue weighted by Crippen LogP contribution is -2.50. The number of benzene rings is 1. The van der Waals surface area contributed by atoms with Crippen LogP contribution in [0.2, 0.25) is 0 Å². The molecule has 142 valence electrons. The van der Waals surface area contributed by atoms with Crippen LogP contribution in [0.4, 0.5) is 0 Å². The molecule has 0 unspecified atom stereocenters. The smallest absolute Gasteiger partial charge is 0.234 e. The fourth-order valence-corrected chi connectivity index (χ4v) is 5.46. The van der Waals surface area contributed by atoms with Gasteiger partial charge in [0.2, 0.25) is 5.91 Å². The van der Waals surface area contributed by atoms with Crippen molar-refractivity contribution in [2.75, 3.05) is 32.7 Å². The van der Waals surface area contributed by atoms with Gasteiger partial charge in [0, 0.05) is 38.8 Å². The molecular formula is C22H33N3O. The van der Waals surface area contributed by atoms with Crippen molar-refractivity contribution in [3.8, 4) is 0 Å². The second-order valence-electron chi connectivity index (χ2n) is 8.73. The highest BCUT2D eigenvalue weighted by molar-refractivity contribution is 5.78. The largest absolute Gasteiger partial charge is 0.352 e. The summed E-state index contributed by atoms with van der Waals surface area (Å²) in [5.41, 5.74) is 1.37. The van der Waals surface area contributed by atoms with E-state index in [4.69, 9.17) is 0 Å². The molecule has 2 saturated carbocycles. The number of hydrogen-bond acceptors (Lipinski definition) is 3. The topological polar surface area (TPSA) is 35.6 Å². The summed E-state index contributed by atoms with van der Waals surface area (Å²) in [6, 6.07) is 11.0. The first kappa shape index (κ1) is 18.0. The van der Waals surface area contributed by atoms with E-state index in [-0.39, 0.29) is 5.91 Å². The Labute approximate surface area is 157 Å². The van der Waals surface area contributed by atoms with E-state index in [1.165, 1.54) is 31.2 Å². The maximum absolute atomic E-state index is 12.5. The number of fused-ring (bicyclic) bond motifs is 2. The van der Waals surface area contributed by atoms with Crippen LogP contribution in [0.25, 0.3) is 0 Å². The van der Waals surface area contributed by atoms with Crippen molar-refractivity contribution >= 4 is 5.91 Å². The number of amides is 1. The van der Waals surface area contributed by atoms with Gasteiger partial charge in [0.15, 0.2) is 0 Å². The van der Waals surface area contributed by atoms with Crippen LogP contribution in [0, 0.1) is 17.8 Å². The zero-order chi connectivity index (χ0) is 17.9. The highest BCUT2D eigenvalue weighted by atomic mass is 16.2. The molecule has 0 aromatic heterocycles. The number of carbonyl (C=O) groups is 1. The minimum Gasteiger partial charge on any atom is -0.352 e. The van der Waals surface area contributed by atoms with Gasteiger partial charge in [0.1, 0.15) is 0 Å². The Bertz CT molecular complexity index is 597. The predicted octanol–water partition coefficient (Wildman–Crippen LogP) is 2.75. The maximum atomic E-state index is 12.5. The molecule has 1 saturated heterocycles. The summed E-state index contributed by atoms with van der Waals surface area (Å²) in [4.78, 5) is 17.3. The zero-order valence-electron chi connectivity index (χ0n) is 16.1. The van der Waals surface area contributed by atoms with Gasteiger partial charge >= 0.3 is 0 Å². The highest BCUT2D eigenvalue weighted by Gasteiger charge is 2.42. The van der Waals surface area contributed by atoms with Crippen LogP contribution >= 0.6 is 0 Å². The minimum atomic E-state index is 0.219. The van der Waals surface area contributed by atoms with Crippen molar-refractivity contribution in [3.63, 3.8) is 0 Å². The van der Waals surface area contributed by atoms with Crippen LogP contribution in [0.15, 0.2) is 30.3 Å². The third kappa shape index (κ3) is 4.29. The van der Waals surface area contributed by atoms with Gasteiger partial charge < -0.3 is 5.32 Å². The van der Waals surface area contributed by atoms with Gasteiger partial charge in [-0.1, -0.05) is 36.8 Å². The molecule has 0 spiro atoms. The first-order chi connectivity index (χ1) is 12.7. The molecule has 26 heavy (non-hydrogen) atoms. The summed E-state index contributed by atoms with van der Waals surface area (Å²) in [6.45, 7) is 7.87. The Morgan fingerprint density at radius 3 is 2.46 bits per heavy atom. The van der Waals surface area contributed by atoms with E-state index in [0.717, 1.165) is 50.5 Å². The summed E-state index contributed by atoms with van der Waals surface area (Å²) in [6.07, 6.45) is 5.56. The Morgan fingerprint density at radius 1 is 1.08 bits per heavy atom. The van der Waals surface area contributed by atoms with Gasteiger partial charge in [-0.25, -0.2) is 0 Å².